The number of hydrogen-bond acceptors (Lipinski definition) is 7. The molecule has 30 heavy (non-hydrogen) atoms. The summed E-state index contributed by atoms with van der Waals surface area (Å²) in [5.74, 6) is 9.63. The number of allylic oxidation sites excluding steroid dienone is 5. The first-order chi connectivity index (χ1) is 14.5. The fraction of sp³-hybridized carbons (Fsp3) is 0.200. The largest absolute Gasteiger partial charge is 0.383 e. The maximum absolute atomic E-state index is 14.5. The molecule has 0 atom stereocenters. The van der Waals surface area contributed by atoms with Gasteiger partial charge in [-0.1, -0.05) is 12.2 Å². The number of pyridine rings is 1. The number of nitrogen functional groups attached to an aromatic ring is 1. The van der Waals surface area contributed by atoms with Gasteiger partial charge in [0.2, 0.25) is 0 Å². The number of fused-ring (bicyclic) bond motifs is 1. The van der Waals surface area contributed by atoms with Crippen molar-refractivity contribution >= 4 is 23.0 Å². The molecule has 3 heterocycles. The molecule has 0 fully saturated rings. The number of nitrogens with two attached hydrogens (primary N) is 3. The minimum Gasteiger partial charge on any atom is -0.383 e. The van der Waals surface area contributed by atoms with Crippen LogP contribution >= 0.6 is 11.3 Å². The zero-order chi connectivity index (χ0) is 21.3. The highest BCUT2D eigenvalue weighted by molar-refractivity contribution is 7.15. The first kappa shape index (κ1) is 20.2. The molecule has 0 aromatic carbocycles. The summed E-state index contributed by atoms with van der Waals surface area (Å²) in [6.45, 7) is 1.78. The second-order valence-electron chi connectivity index (χ2n) is 6.85. The highest BCUT2D eigenvalue weighted by Gasteiger charge is 2.24. The number of nitrogens with one attached hydrogen (secondary N) is 1. The van der Waals surface area contributed by atoms with Crippen LogP contribution in [0.15, 0.2) is 59.0 Å². The number of hydrazine groups is 1. The van der Waals surface area contributed by atoms with Gasteiger partial charge in [-0.25, -0.2) is 19.6 Å². The average molecular weight is 430 g/mol. The summed E-state index contributed by atoms with van der Waals surface area (Å²) < 4.78 is 28.3. The lowest BCUT2D eigenvalue weighted by Crippen LogP contribution is -2.39. The lowest BCUT2D eigenvalue weighted by atomic mass is 10.1. The summed E-state index contributed by atoms with van der Waals surface area (Å²) in [5.41, 5.74) is 8.31. The fourth-order valence-corrected chi connectivity index (χ4v) is 4.56. The van der Waals surface area contributed by atoms with Crippen molar-refractivity contribution < 1.29 is 8.78 Å². The molecular weight excluding hydrogens is 408 g/mol. The Kier molecular flexibility index (Phi) is 5.62. The van der Waals surface area contributed by atoms with Crippen LogP contribution in [0.2, 0.25) is 0 Å². The van der Waals surface area contributed by atoms with Gasteiger partial charge in [0, 0.05) is 28.1 Å². The molecule has 4 rings (SSSR count). The van der Waals surface area contributed by atoms with Crippen molar-refractivity contribution in [3.8, 4) is 10.4 Å². The van der Waals surface area contributed by atoms with Gasteiger partial charge in [0.1, 0.15) is 5.82 Å². The fourth-order valence-electron chi connectivity index (χ4n) is 3.40. The van der Waals surface area contributed by atoms with Gasteiger partial charge in [0.25, 0.3) is 0 Å². The molecular formula is C20H21F2N7S. The molecule has 0 spiro atoms. The van der Waals surface area contributed by atoms with Crippen LogP contribution in [-0.2, 0) is 13.0 Å². The number of amidine groups is 1. The van der Waals surface area contributed by atoms with E-state index >= 15 is 0 Å². The number of hydrazone groups is 1. The van der Waals surface area contributed by atoms with Crippen LogP contribution in [-0.4, -0.2) is 22.4 Å². The molecule has 2 aromatic rings. The Morgan fingerprint density at radius 2 is 2.13 bits per heavy atom. The van der Waals surface area contributed by atoms with Crippen LogP contribution in [0.4, 0.5) is 14.6 Å². The molecule has 2 aromatic heterocycles. The first-order valence-electron chi connectivity index (χ1n) is 9.33. The summed E-state index contributed by atoms with van der Waals surface area (Å²) in [7, 11) is 0. The maximum Gasteiger partial charge on any atom is 0.183 e. The number of thiophene rings is 1. The summed E-state index contributed by atoms with van der Waals surface area (Å²) in [6.07, 6.45) is 6.90. The summed E-state index contributed by atoms with van der Waals surface area (Å²) in [4.78, 5) is 6.55. The first-order valence-corrected chi connectivity index (χ1v) is 10.1. The molecule has 0 saturated carbocycles. The summed E-state index contributed by atoms with van der Waals surface area (Å²) in [6, 6.07) is 3.89. The standard InChI is InChI=1S/C20H21F2N7S/c21-14-3-1-2-4-15(18(14)22)29(25)20(28-24)13-7-12(9-27-19(13)23)16-8-11-5-6-26-10-17(11)30-16/h1,3-4,7-9,26H,2,5-6,10,24-25H2,(H2,23,27)/b28-20-. The van der Waals surface area contributed by atoms with E-state index in [1.165, 1.54) is 22.6 Å². The Bertz CT molecular complexity index is 1080. The Morgan fingerprint density at radius 1 is 1.30 bits per heavy atom. The molecule has 7 nitrogen and oxygen atoms in total. The van der Waals surface area contributed by atoms with Crippen LogP contribution in [0.25, 0.3) is 10.4 Å². The predicted octanol–water partition coefficient (Wildman–Crippen LogP) is 2.83. The molecule has 2 aliphatic rings. The third kappa shape index (κ3) is 3.72. The number of nitrogens with zero attached hydrogens (tertiary/aromatic N) is 3. The van der Waals surface area contributed by atoms with Gasteiger partial charge in [-0.2, -0.15) is 5.10 Å². The molecule has 0 radical (unpaired) electrons. The van der Waals surface area contributed by atoms with Crippen molar-refractivity contribution in [2.75, 3.05) is 12.3 Å². The van der Waals surface area contributed by atoms with E-state index in [9.17, 15) is 8.78 Å². The van der Waals surface area contributed by atoms with Gasteiger partial charge in [0.15, 0.2) is 17.5 Å². The van der Waals surface area contributed by atoms with E-state index < -0.39 is 11.7 Å². The normalized spacial score (nSPS) is 16.9. The predicted molar refractivity (Wildman–Crippen MR) is 115 cm³/mol. The number of anilines is 1. The van der Waals surface area contributed by atoms with Crippen molar-refractivity contribution in [1.82, 2.24) is 15.3 Å². The van der Waals surface area contributed by atoms with Crippen molar-refractivity contribution in [2.45, 2.75) is 19.4 Å². The Hall–Kier alpha value is -3.08. The van der Waals surface area contributed by atoms with Crippen LogP contribution in [0.1, 0.15) is 22.4 Å². The molecule has 0 saturated heterocycles. The molecule has 1 aliphatic heterocycles. The minimum absolute atomic E-state index is 0.0269. The van der Waals surface area contributed by atoms with Crippen molar-refractivity contribution in [1.29, 1.82) is 0 Å². The second kappa shape index (κ2) is 8.34. The highest BCUT2D eigenvalue weighted by atomic mass is 32.1. The third-order valence-corrected chi connectivity index (χ3v) is 6.18. The average Bonchev–Trinajstić information content (AvgIpc) is 3.11. The number of rotatable bonds is 3. The zero-order valence-electron chi connectivity index (χ0n) is 16.0. The quantitative estimate of drug-likeness (QED) is 0.258. The zero-order valence-corrected chi connectivity index (χ0v) is 16.8. The topological polar surface area (TPSA) is 119 Å². The number of hydrogen-bond donors (Lipinski definition) is 4. The van der Waals surface area contributed by atoms with E-state index in [2.05, 4.69) is 21.5 Å². The molecule has 7 N–H and O–H groups in total. The van der Waals surface area contributed by atoms with E-state index in [1.807, 2.05) is 0 Å². The van der Waals surface area contributed by atoms with E-state index in [-0.39, 0.29) is 17.4 Å². The Morgan fingerprint density at radius 3 is 2.90 bits per heavy atom. The monoisotopic (exact) mass is 429 g/mol. The molecule has 10 heteroatoms. The Balaban J connectivity index is 1.72. The van der Waals surface area contributed by atoms with Crippen LogP contribution in [0, 0.1) is 0 Å². The van der Waals surface area contributed by atoms with E-state index in [0.29, 0.717) is 12.0 Å². The van der Waals surface area contributed by atoms with Gasteiger partial charge < -0.3 is 16.9 Å². The summed E-state index contributed by atoms with van der Waals surface area (Å²) in [5, 5.41) is 7.95. The molecule has 0 bridgehead atoms. The number of aromatic nitrogens is 1. The molecule has 1 aliphatic carbocycles. The summed E-state index contributed by atoms with van der Waals surface area (Å²) >= 11 is 1.67. The van der Waals surface area contributed by atoms with Crippen molar-refractivity contribution in [2.24, 2.45) is 16.8 Å². The molecule has 156 valence electrons. The van der Waals surface area contributed by atoms with E-state index in [4.69, 9.17) is 17.4 Å². The molecule has 0 amide bonds. The lowest BCUT2D eigenvalue weighted by Gasteiger charge is -2.23. The number of halogens is 2. The molecule has 0 unspecified atom stereocenters. The second-order valence-corrected chi connectivity index (χ2v) is 7.99. The van der Waals surface area contributed by atoms with Crippen LogP contribution in [0.3, 0.4) is 0 Å². The highest BCUT2D eigenvalue weighted by Crippen LogP contribution is 2.34. The SMILES string of the molecule is N/N=C(/c1cc(-c2cc3c(s2)CNCC3)cnc1N)N(N)C1=CCC=CC(F)=C1F. The van der Waals surface area contributed by atoms with Gasteiger partial charge >= 0.3 is 0 Å². The van der Waals surface area contributed by atoms with Gasteiger partial charge in [0.05, 0.1) is 11.3 Å². The van der Waals surface area contributed by atoms with Crippen LogP contribution in [0.5, 0.6) is 0 Å². The minimum atomic E-state index is -1.10. The van der Waals surface area contributed by atoms with Gasteiger partial charge in [-0.05, 0) is 43.2 Å². The lowest BCUT2D eigenvalue weighted by molar-refractivity contribution is 0.476. The van der Waals surface area contributed by atoms with E-state index in [1.54, 1.807) is 23.6 Å². The van der Waals surface area contributed by atoms with Gasteiger partial charge in [-0.15, -0.1) is 11.3 Å². The van der Waals surface area contributed by atoms with Crippen LogP contribution < -0.4 is 22.7 Å². The maximum atomic E-state index is 14.5. The van der Waals surface area contributed by atoms with Crippen molar-refractivity contribution in [3.05, 3.63) is 69.9 Å². The van der Waals surface area contributed by atoms with E-state index in [0.717, 1.165) is 41.0 Å². The smallest absolute Gasteiger partial charge is 0.183 e. The Labute approximate surface area is 176 Å². The third-order valence-electron chi connectivity index (χ3n) is 4.95. The van der Waals surface area contributed by atoms with Gasteiger partial charge in [-0.3, -0.25) is 5.01 Å². The van der Waals surface area contributed by atoms with Crippen molar-refractivity contribution in [3.63, 3.8) is 0 Å².